The summed E-state index contributed by atoms with van der Waals surface area (Å²) in [7, 11) is 5.04. The lowest BCUT2D eigenvalue weighted by atomic mass is 9.84. The van der Waals surface area contributed by atoms with Crippen LogP contribution < -0.4 is 23.7 Å². The van der Waals surface area contributed by atoms with Crippen molar-refractivity contribution in [1.82, 2.24) is 14.7 Å². The van der Waals surface area contributed by atoms with E-state index in [9.17, 15) is 24.3 Å². The van der Waals surface area contributed by atoms with Crippen LogP contribution in [0.1, 0.15) is 44.1 Å². The summed E-state index contributed by atoms with van der Waals surface area (Å²) < 4.78 is 18.6. The van der Waals surface area contributed by atoms with Gasteiger partial charge in [-0.3, -0.25) is 24.2 Å². The topological polar surface area (TPSA) is 133 Å². The molecule has 2 fully saturated rings. The number of nitrogens with zero attached hydrogens (tertiary/aromatic N) is 5. The summed E-state index contributed by atoms with van der Waals surface area (Å²) in [5.74, 6) is -1.57. The second-order valence-electron chi connectivity index (χ2n) is 11.8. The number of hydrogen-bond donors (Lipinski definition) is 1. The van der Waals surface area contributed by atoms with Crippen LogP contribution in [0.3, 0.4) is 0 Å². The number of unbranched alkanes of at least 4 members (excludes halogenated alkanes) is 1. The van der Waals surface area contributed by atoms with Crippen molar-refractivity contribution in [2.45, 2.75) is 44.6 Å². The van der Waals surface area contributed by atoms with Gasteiger partial charge < -0.3 is 29.1 Å². The van der Waals surface area contributed by atoms with Crippen LogP contribution in [0.4, 0.5) is 10.5 Å². The molecule has 4 heterocycles. The first-order valence-corrected chi connectivity index (χ1v) is 15.4. The molecule has 1 aromatic heterocycles. The van der Waals surface area contributed by atoms with Crippen LogP contribution in [-0.2, 0) is 21.4 Å². The maximum atomic E-state index is 14.0. The minimum Gasteiger partial charge on any atom is -0.493 e. The SMILES string of the molecule is CCCCN(C(=O)CN1C[C@H](c2cc(OC)c3c(c2)OCO3)C(C(=O)O)[C@@H]1CCN1C(=O)CCN(C)C1=O)c1ccc[n+](C)c1. The highest BCUT2D eigenvalue weighted by molar-refractivity contribution is 5.97. The first-order chi connectivity index (χ1) is 21.6. The number of hydrogen-bond acceptors (Lipinski definition) is 8. The zero-order valence-corrected chi connectivity index (χ0v) is 26.3. The number of carboxylic acids is 1. The van der Waals surface area contributed by atoms with Crippen molar-refractivity contribution in [3.63, 3.8) is 0 Å². The molecular formula is C32H42N5O8+. The zero-order chi connectivity index (χ0) is 32.2. The standard InChI is InChI=1S/C32H41N5O8/c1-5-6-12-36(22-8-7-11-33(2)17-22)28(39)19-35-18-23(21-15-25(43-4)30-26(16-21)44-20-45-30)29(31(40)41)24(35)9-14-37-27(38)10-13-34(3)32(37)42/h7-8,11,15-17,23-24,29H,5-6,9-10,12-14,18-20H2,1-4H3/p+1/t23-,24+,29?/m1/s1. The minimum absolute atomic E-state index is 0.0304. The Morgan fingerprint density at radius 3 is 2.73 bits per heavy atom. The molecule has 0 aliphatic carbocycles. The van der Waals surface area contributed by atoms with Gasteiger partial charge in [-0.15, -0.1) is 0 Å². The molecule has 3 aliphatic rings. The van der Waals surface area contributed by atoms with E-state index in [1.54, 1.807) is 24.1 Å². The molecule has 1 aromatic carbocycles. The van der Waals surface area contributed by atoms with E-state index in [0.717, 1.165) is 18.5 Å². The van der Waals surface area contributed by atoms with Gasteiger partial charge in [-0.2, -0.15) is 0 Å². The number of anilines is 1. The Morgan fingerprint density at radius 2 is 2.02 bits per heavy atom. The third-order valence-corrected chi connectivity index (χ3v) is 8.92. The lowest BCUT2D eigenvalue weighted by molar-refractivity contribution is -0.670. The number of carbonyl (C=O) groups excluding carboxylic acids is 3. The Morgan fingerprint density at radius 1 is 1.22 bits per heavy atom. The van der Waals surface area contributed by atoms with Gasteiger partial charge in [0.05, 0.1) is 19.6 Å². The predicted molar refractivity (Wildman–Crippen MR) is 162 cm³/mol. The van der Waals surface area contributed by atoms with Crippen LogP contribution in [0, 0.1) is 5.92 Å². The van der Waals surface area contributed by atoms with Gasteiger partial charge in [0.2, 0.25) is 24.4 Å². The Bertz CT molecular complexity index is 1450. The van der Waals surface area contributed by atoms with E-state index >= 15 is 0 Å². The summed E-state index contributed by atoms with van der Waals surface area (Å²) in [6.45, 7) is 3.24. The molecule has 13 heteroatoms. The maximum Gasteiger partial charge on any atom is 0.326 e. The molecule has 1 N–H and O–H groups in total. The van der Waals surface area contributed by atoms with E-state index in [2.05, 4.69) is 6.92 Å². The van der Waals surface area contributed by atoms with Gasteiger partial charge in [-0.1, -0.05) is 13.3 Å². The summed E-state index contributed by atoms with van der Waals surface area (Å²) in [5.41, 5.74) is 1.44. The predicted octanol–water partition coefficient (Wildman–Crippen LogP) is 2.22. The summed E-state index contributed by atoms with van der Waals surface area (Å²) in [6, 6.07) is 6.27. The summed E-state index contributed by atoms with van der Waals surface area (Å²) in [5, 5.41) is 10.6. The number of carboxylic acid groups (broad SMARTS) is 1. The number of urea groups is 1. The second-order valence-corrected chi connectivity index (χ2v) is 11.8. The molecule has 3 aliphatic heterocycles. The number of benzene rings is 1. The molecule has 13 nitrogen and oxygen atoms in total. The Balaban J connectivity index is 1.48. The van der Waals surface area contributed by atoms with Gasteiger partial charge in [0.1, 0.15) is 12.7 Å². The number of aliphatic carboxylic acids is 1. The van der Waals surface area contributed by atoms with Crippen LogP contribution in [0.5, 0.6) is 17.2 Å². The highest BCUT2D eigenvalue weighted by Crippen LogP contribution is 2.47. The van der Waals surface area contributed by atoms with Crippen molar-refractivity contribution in [2.24, 2.45) is 13.0 Å². The number of methoxy groups -OCH3 is 1. The lowest BCUT2D eigenvalue weighted by Crippen LogP contribution is -2.52. The first-order valence-electron chi connectivity index (χ1n) is 15.4. The highest BCUT2D eigenvalue weighted by Gasteiger charge is 2.48. The molecular weight excluding hydrogens is 582 g/mol. The van der Waals surface area contributed by atoms with E-state index in [-0.39, 0.29) is 51.1 Å². The fraction of sp³-hybridized carbons (Fsp3) is 0.531. The van der Waals surface area contributed by atoms with E-state index in [1.165, 1.54) is 16.9 Å². The Kier molecular flexibility index (Phi) is 9.76. The smallest absolute Gasteiger partial charge is 0.326 e. The average Bonchev–Trinajstić information content (AvgIpc) is 3.64. The fourth-order valence-corrected chi connectivity index (χ4v) is 6.55. The van der Waals surface area contributed by atoms with E-state index < -0.39 is 29.9 Å². The molecule has 4 amide bonds. The molecule has 1 unspecified atom stereocenters. The molecule has 2 saturated heterocycles. The normalized spacial score (nSPS) is 21.4. The highest BCUT2D eigenvalue weighted by atomic mass is 16.7. The molecule has 2 aromatic rings. The van der Waals surface area contributed by atoms with Crippen molar-refractivity contribution in [1.29, 1.82) is 0 Å². The third kappa shape index (κ3) is 6.68. The number of imide groups is 1. The molecule has 5 rings (SSSR count). The van der Waals surface area contributed by atoms with Crippen molar-refractivity contribution in [3.05, 3.63) is 42.2 Å². The number of aryl methyl sites for hydroxylation is 1. The number of aromatic nitrogens is 1. The summed E-state index contributed by atoms with van der Waals surface area (Å²) >= 11 is 0. The number of pyridine rings is 1. The van der Waals surface area contributed by atoms with Crippen molar-refractivity contribution in [2.75, 3.05) is 58.6 Å². The van der Waals surface area contributed by atoms with Gasteiger partial charge in [-0.05, 0) is 36.6 Å². The summed E-state index contributed by atoms with van der Waals surface area (Å²) in [4.78, 5) is 58.9. The van der Waals surface area contributed by atoms with Crippen LogP contribution in [0.2, 0.25) is 0 Å². The minimum atomic E-state index is -1.03. The number of ether oxygens (including phenoxy) is 3. The van der Waals surface area contributed by atoms with Gasteiger partial charge in [-0.25, -0.2) is 9.36 Å². The van der Waals surface area contributed by atoms with Crippen molar-refractivity contribution < 1.29 is 43.1 Å². The quantitative estimate of drug-likeness (QED) is 0.353. The van der Waals surface area contributed by atoms with Gasteiger partial charge in [0.15, 0.2) is 23.9 Å². The van der Waals surface area contributed by atoms with Crippen LogP contribution in [-0.4, -0.2) is 103 Å². The second kappa shape index (κ2) is 13.7. The van der Waals surface area contributed by atoms with Crippen LogP contribution in [0.25, 0.3) is 0 Å². The fourth-order valence-electron chi connectivity index (χ4n) is 6.55. The van der Waals surface area contributed by atoms with E-state index in [1.807, 2.05) is 41.0 Å². The lowest BCUT2D eigenvalue weighted by Gasteiger charge is -2.34. The van der Waals surface area contributed by atoms with Gasteiger partial charge >= 0.3 is 12.0 Å². The monoisotopic (exact) mass is 624 g/mol. The first kappa shape index (κ1) is 32.0. The summed E-state index contributed by atoms with van der Waals surface area (Å²) in [6.07, 6.45) is 5.89. The van der Waals surface area contributed by atoms with Crippen molar-refractivity contribution >= 4 is 29.5 Å². The number of amides is 4. The van der Waals surface area contributed by atoms with Gasteiger partial charge in [0.25, 0.3) is 0 Å². The Hall–Kier alpha value is -4.39. The van der Waals surface area contributed by atoms with E-state index in [4.69, 9.17) is 14.2 Å². The van der Waals surface area contributed by atoms with Gasteiger partial charge in [0, 0.05) is 57.7 Å². The molecule has 0 radical (unpaired) electrons. The van der Waals surface area contributed by atoms with E-state index in [0.29, 0.717) is 35.9 Å². The zero-order valence-electron chi connectivity index (χ0n) is 26.3. The number of likely N-dealkylation sites (tertiary alicyclic amines) is 1. The maximum absolute atomic E-state index is 14.0. The van der Waals surface area contributed by atoms with Crippen LogP contribution in [0.15, 0.2) is 36.7 Å². The molecule has 0 saturated carbocycles. The van der Waals surface area contributed by atoms with Crippen molar-refractivity contribution in [3.8, 4) is 17.2 Å². The number of carbonyl (C=O) groups is 4. The number of fused-ring (bicyclic) bond motifs is 1. The molecule has 0 spiro atoms. The largest absolute Gasteiger partial charge is 0.493 e. The number of rotatable bonds is 12. The molecule has 0 bridgehead atoms. The average molecular weight is 625 g/mol. The molecule has 3 atom stereocenters. The third-order valence-electron chi connectivity index (χ3n) is 8.92. The molecule has 242 valence electrons. The Labute approximate surface area is 262 Å². The molecule has 45 heavy (non-hydrogen) atoms. The van der Waals surface area contributed by atoms with Crippen LogP contribution >= 0.6 is 0 Å².